The van der Waals surface area contributed by atoms with Crippen LogP contribution in [0.15, 0.2) is 0 Å². The van der Waals surface area contributed by atoms with Gasteiger partial charge in [-0.05, 0) is 50.4 Å². The Morgan fingerprint density at radius 3 is 2.43 bits per heavy atom. The van der Waals surface area contributed by atoms with Gasteiger partial charge in [0.25, 0.3) is 0 Å². The predicted molar refractivity (Wildman–Crippen MR) is 83.0 cm³/mol. The molecule has 120 valence electrons. The third-order valence-electron chi connectivity index (χ3n) is 5.11. The van der Waals surface area contributed by atoms with E-state index in [4.69, 9.17) is 5.73 Å². The maximum atomic E-state index is 12.2. The normalized spacial score (nSPS) is 33.4. The minimum Gasteiger partial charge on any atom is -0.356 e. The number of halogens is 1. The number of hydrogen-bond donors (Lipinski definition) is 3. The lowest BCUT2D eigenvalue weighted by Crippen LogP contribution is -2.45. The minimum atomic E-state index is 0. The van der Waals surface area contributed by atoms with Crippen molar-refractivity contribution in [3.05, 3.63) is 0 Å². The zero-order valence-electron chi connectivity index (χ0n) is 12.3. The van der Waals surface area contributed by atoms with Crippen molar-refractivity contribution in [2.24, 2.45) is 23.5 Å². The van der Waals surface area contributed by atoms with Crippen molar-refractivity contribution >= 4 is 24.2 Å². The van der Waals surface area contributed by atoms with Crippen LogP contribution < -0.4 is 16.4 Å². The highest BCUT2D eigenvalue weighted by atomic mass is 35.5. The van der Waals surface area contributed by atoms with Crippen LogP contribution in [-0.4, -0.2) is 30.4 Å². The molecule has 4 unspecified atom stereocenters. The Morgan fingerprint density at radius 2 is 1.81 bits per heavy atom. The summed E-state index contributed by atoms with van der Waals surface area (Å²) in [5.41, 5.74) is 6.15. The molecule has 0 saturated heterocycles. The summed E-state index contributed by atoms with van der Waals surface area (Å²) in [7, 11) is 0. The molecule has 4 N–H and O–H groups in total. The number of carbonyl (C=O) groups is 2. The molecule has 5 nitrogen and oxygen atoms in total. The van der Waals surface area contributed by atoms with Gasteiger partial charge >= 0.3 is 0 Å². The number of fused-ring (bicyclic) bond motifs is 2. The fraction of sp³-hybridized carbons (Fsp3) is 0.867. The standard InChI is InChI=1S/C15H25N3O2.ClH/c16-14-10-4-3-9(8-10)13(14)15(20)17-7-1-2-12(19)18-11-5-6-11;/h9-11,13-14H,1-8,16H2,(H,17,20)(H,18,19);1H. The minimum absolute atomic E-state index is 0. The van der Waals surface area contributed by atoms with Gasteiger partial charge in [0.2, 0.25) is 11.8 Å². The smallest absolute Gasteiger partial charge is 0.224 e. The zero-order chi connectivity index (χ0) is 14.1. The molecule has 6 heteroatoms. The lowest BCUT2D eigenvalue weighted by Gasteiger charge is -2.27. The van der Waals surface area contributed by atoms with Crippen molar-refractivity contribution in [2.75, 3.05) is 6.54 Å². The Labute approximate surface area is 132 Å². The van der Waals surface area contributed by atoms with Gasteiger partial charge in [0.15, 0.2) is 0 Å². The van der Waals surface area contributed by atoms with E-state index < -0.39 is 0 Å². The summed E-state index contributed by atoms with van der Waals surface area (Å²) in [5.74, 6) is 1.27. The third kappa shape index (κ3) is 3.89. The van der Waals surface area contributed by atoms with Crippen molar-refractivity contribution in [3.63, 3.8) is 0 Å². The third-order valence-corrected chi connectivity index (χ3v) is 5.11. The maximum absolute atomic E-state index is 12.2. The second-order valence-corrected chi connectivity index (χ2v) is 6.67. The molecule has 3 aliphatic rings. The summed E-state index contributed by atoms with van der Waals surface area (Å²) in [4.78, 5) is 23.7. The highest BCUT2D eigenvalue weighted by Crippen LogP contribution is 2.47. The van der Waals surface area contributed by atoms with Crippen LogP contribution in [0.3, 0.4) is 0 Å². The molecule has 3 saturated carbocycles. The Morgan fingerprint density at radius 1 is 1.10 bits per heavy atom. The molecular formula is C15H26ClN3O2. The lowest BCUT2D eigenvalue weighted by molar-refractivity contribution is -0.127. The first-order chi connectivity index (χ1) is 9.65. The molecule has 0 aliphatic heterocycles. The molecule has 2 bridgehead atoms. The summed E-state index contributed by atoms with van der Waals surface area (Å²) in [6, 6.07) is 0.469. The molecular weight excluding hydrogens is 290 g/mol. The summed E-state index contributed by atoms with van der Waals surface area (Å²) in [6.07, 6.45) is 6.91. The van der Waals surface area contributed by atoms with Gasteiger partial charge in [0, 0.05) is 25.0 Å². The van der Waals surface area contributed by atoms with Crippen LogP contribution >= 0.6 is 12.4 Å². The van der Waals surface area contributed by atoms with Crippen molar-refractivity contribution in [1.82, 2.24) is 10.6 Å². The highest BCUT2D eigenvalue weighted by Gasteiger charge is 2.48. The summed E-state index contributed by atoms with van der Waals surface area (Å²) in [6.45, 7) is 0.581. The van der Waals surface area contributed by atoms with Crippen molar-refractivity contribution in [3.8, 4) is 0 Å². The monoisotopic (exact) mass is 315 g/mol. The molecule has 3 rings (SSSR count). The molecule has 0 aromatic heterocycles. The van der Waals surface area contributed by atoms with E-state index in [1.807, 2.05) is 0 Å². The molecule has 0 radical (unpaired) electrons. The lowest BCUT2D eigenvalue weighted by atomic mass is 9.84. The van der Waals surface area contributed by atoms with Crippen LogP contribution in [0.4, 0.5) is 0 Å². The van der Waals surface area contributed by atoms with Crippen LogP contribution in [0.1, 0.15) is 44.9 Å². The van der Waals surface area contributed by atoms with Gasteiger partial charge in [-0.15, -0.1) is 12.4 Å². The van der Waals surface area contributed by atoms with Gasteiger partial charge in [-0.3, -0.25) is 9.59 Å². The van der Waals surface area contributed by atoms with Gasteiger partial charge in [0.05, 0.1) is 5.92 Å². The van der Waals surface area contributed by atoms with Crippen LogP contribution in [0.25, 0.3) is 0 Å². The summed E-state index contributed by atoms with van der Waals surface area (Å²) in [5, 5.41) is 5.92. The second kappa shape index (κ2) is 6.97. The van der Waals surface area contributed by atoms with Crippen molar-refractivity contribution in [1.29, 1.82) is 0 Å². The average Bonchev–Trinajstić information content (AvgIpc) is 3.00. The Kier molecular flexibility index (Phi) is 5.49. The Hall–Kier alpha value is -0.810. The first-order valence-corrected chi connectivity index (χ1v) is 7.98. The molecule has 4 atom stereocenters. The number of rotatable bonds is 6. The quantitative estimate of drug-likeness (QED) is 0.638. The fourth-order valence-electron chi connectivity index (χ4n) is 3.83. The van der Waals surface area contributed by atoms with Crippen LogP contribution in [0.2, 0.25) is 0 Å². The fourth-order valence-corrected chi connectivity index (χ4v) is 3.83. The molecule has 0 spiro atoms. The number of carbonyl (C=O) groups excluding carboxylic acids is 2. The largest absolute Gasteiger partial charge is 0.356 e. The first kappa shape index (κ1) is 16.6. The Bertz CT molecular complexity index is 398. The highest BCUT2D eigenvalue weighted by molar-refractivity contribution is 5.85. The molecule has 2 amide bonds. The molecule has 0 heterocycles. The van der Waals surface area contributed by atoms with Crippen LogP contribution in [0.5, 0.6) is 0 Å². The van der Waals surface area contributed by atoms with E-state index >= 15 is 0 Å². The Balaban J connectivity index is 0.00000161. The van der Waals surface area contributed by atoms with E-state index in [-0.39, 0.29) is 36.2 Å². The van der Waals surface area contributed by atoms with Gasteiger partial charge < -0.3 is 16.4 Å². The summed E-state index contributed by atoms with van der Waals surface area (Å²) < 4.78 is 0. The second-order valence-electron chi connectivity index (χ2n) is 6.67. The zero-order valence-corrected chi connectivity index (χ0v) is 13.2. The van der Waals surface area contributed by atoms with Crippen molar-refractivity contribution in [2.45, 2.75) is 57.0 Å². The summed E-state index contributed by atoms with van der Waals surface area (Å²) >= 11 is 0. The SMILES string of the molecule is Cl.NC1C2CCC(C2)C1C(=O)NCCCC(=O)NC1CC1. The van der Waals surface area contributed by atoms with E-state index in [2.05, 4.69) is 10.6 Å². The van der Waals surface area contributed by atoms with E-state index in [1.54, 1.807) is 0 Å². The molecule has 21 heavy (non-hydrogen) atoms. The number of hydrogen-bond acceptors (Lipinski definition) is 3. The number of amides is 2. The van der Waals surface area contributed by atoms with E-state index in [0.717, 1.165) is 25.7 Å². The topological polar surface area (TPSA) is 84.2 Å². The predicted octanol–water partition coefficient (Wildman–Crippen LogP) is 0.957. The van der Waals surface area contributed by atoms with E-state index in [1.165, 1.54) is 6.42 Å². The van der Waals surface area contributed by atoms with Gasteiger partial charge in [-0.25, -0.2) is 0 Å². The van der Waals surface area contributed by atoms with Crippen molar-refractivity contribution < 1.29 is 9.59 Å². The van der Waals surface area contributed by atoms with Gasteiger partial charge in [-0.2, -0.15) is 0 Å². The van der Waals surface area contributed by atoms with Gasteiger partial charge in [-0.1, -0.05) is 0 Å². The number of nitrogens with two attached hydrogens (primary N) is 1. The average molecular weight is 316 g/mol. The van der Waals surface area contributed by atoms with Crippen LogP contribution in [-0.2, 0) is 9.59 Å². The van der Waals surface area contributed by atoms with Crippen LogP contribution in [0, 0.1) is 17.8 Å². The van der Waals surface area contributed by atoms with E-state index in [9.17, 15) is 9.59 Å². The maximum Gasteiger partial charge on any atom is 0.224 e. The molecule has 0 aromatic rings. The first-order valence-electron chi connectivity index (χ1n) is 7.98. The molecule has 3 fully saturated rings. The molecule has 3 aliphatic carbocycles. The molecule has 0 aromatic carbocycles. The van der Waals surface area contributed by atoms with Gasteiger partial charge in [0.1, 0.15) is 0 Å². The number of nitrogens with one attached hydrogen (secondary N) is 2. The van der Waals surface area contributed by atoms with E-state index in [0.29, 0.717) is 37.3 Å².